The summed E-state index contributed by atoms with van der Waals surface area (Å²) in [4.78, 5) is 9.71. The van der Waals surface area contributed by atoms with Crippen LogP contribution in [0.2, 0.25) is 0 Å². The molecule has 0 saturated carbocycles. The van der Waals surface area contributed by atoms with E-state index in [4.69, 9.17) is 9.72 Å². The Morgan fingerprint density at radius 1 is 0.491 bits per heavy atom. The topological polar surface area (TPSA) is 33.5 Å². The molecule has 268 valence electrons. The van der Waals surface area contributed by atoms with Gasteiger partial charge >= 0.3 is 0 Å². The van der Waals surface area contributed by atoms with Crippen molar-refractivity contribution in [3.05, 3.63) is 144 Å². The zero-order valence-electron chi connectivity index (χ0n) is 32.5. The van der Waals surface area contributed by atoms with Gasteiger partial charge in [-0.25, -0.2) is 4.98 Å². The number of pyridine rings is 1. The van der Waals surface area contributed by atoms with Crippen LogP contribution in [0, 0.1) is 0 Å². The lowest BCUT2D eigenvalue weighted by molar-refractivity contribution is 0.479. The predicted molar refractivity (Wildman–Crippen MR) is 223 cm³/mol. The Labute approximate surface area is 314 Å². The van der Waals surface area contributed by atoms with Gasteiger partial charge in [0.15, 0.2) is 0 Å². The summed E-state index contributed by atoms with van der Waals surface area (Å²) in [6.07, 6.45) is 1.93. The fourth-order valence-electron chi connectivity index (χ4n) is 7.43. The summed E-state index contributed by atoms with van der Waals surface area (Å²) in [7, 11) is 0. The minimum atomic E-state index is -0.0891. The van der Waals surface area contributed by atoms with Crippen LogP contribution in [0.5, 0.6) is 11.5 Å². The maximum Gasteiger partial charge on any atom is 0.137 e. The zero-order valence-corrected chi connectivity index (χ0v) is 32.5. The largest absolute Gasteiger partial charge is 0.457 e. The molecule has 1 aliphatic rings. The average molecular weight is 699 g/mol. The summed E-state index contributed by atoms with van der Waals surface area (Å²) in [6.45, 7) is 21.0. The van der Waals surface area contributed by atoms with Gasteiger partial charge in [0, 0.05) is 40.5 Å². The summed E-state index contributed by atoms with van der Waals surface area (Å²) in [5, 5.41) is 2.36. The van der Waals surface area contributed by atoms with Crippen molar-refractivity contribution in [1.82, 2.24) is 9.55 Å². The first-order chi connectivity index (χ1) is 25.1. The van der Waals surface area contributed by atoms with Gasteiger partial charge in [-0.3, -0.25) is 4.57 Å². The monoisotopic (exact) mass is 698 g/mol. The highest BCUT2D eigenvalue weighted by Gasteiger charge is 2.30. The average Bonchev–Trinajstić information content (AvgIpc) is 3.67. The van der Waals surface area contributed by atoms with Crippen molar-refractivity contribution in [2.45, 2.75) is 78.6 Å². The summed E-state index contributed by atoms with van der Waals surface area (Å²) in [6, 6.07) is 43.8. The molecule has 0 spiro atoms. The molecule has 2 aromatic heterocycles. The molecular formula is C48H50N4O. The second-order valence-electron chi connectivity index (χ2n) is 17.5. The van der Waals surface area contributed by atoms with E-state index in [0.717, 1.165) is 34.0 Å². The number of benzene rings is 5. The second-order valence-corrected chi connectivity index (χ2v) is 17.5. The molecule has 5 heteroatoms. The fourth-order valence-corrected chi connectivity index (χ4v) is 7.43. The molecule has 5 nitrogen and oxygen atoms in total. The van der Waals surface area contributed by atoms with Crippen molar-refractivity contribution in [2.75, 3.05) is 16.5 Å². The van der Waals surface area contributed by atoms with Gasteiger partial charge in [0.2, 0.25) is 0 Å². The van der Waals surface area contributed by atoms with Gasteiger partial charge < -0.3 is 14.5 Å². The van der Waals surface area contributed by atoms with Crippen molar-refractivity contribution < 1.29 is 4.74 Å². The second kappa shape index (κ2) is 12.5. The third-order valence-corrected chi connectivity index (χ3v) is 10.6. The van der Waals surface area contributed by atoms with Crippen molar-refractivity contribution in [3.63, 3.8) is 0 Å². The number of fused-ring (bicyclic) bond motifs is 4. The number of rotatable bonds is 5. The van der Waals surface area contributed by atoms with Gasteiger partial charge in [-0.15, -0.1) is 0 Å². The third-order valence-electron chi connectivity index (χ3n) is 10.6. The van der Waals surface area contributed by atoms with E-state index in [9.17, 15) is 0 Å². The SMILES string of the molecule is CC(C)(C)c1cccc(N2CN(c3cc(Oc4ccc5c6ccccc6n(-c6cc(C(C)(C)C)ccn6)c5c4)cc(C(C)(C)C)c3)c3ccccc32)c1. The van der Waals surface area contributed by atoms with Gasteiger partial charge in [0.25, 0.3) is 0 Å². The van der Waals surface area contributed by atoms with Gasteiger partial charge in [-0.2, -0.15) is 0 Å². The molecule has 3 heterocycles. The molecule has 0 radical (unpaired) electrons. The molecule has 0 saturated heterocycles. The fraction of sp³-hybridized carbons (Fsp3) is 0.271. The van der Waals surface area contributed by atoms with E-state index in [1.54, 1.807) is 0 Å². The van der Waals surface area contributed by atoms with Crippen LogP contribution in [-0.4, -0.2) is 16.2 Å². The quantitative estimate of drug-likeness (QED) is 0.179. The molecule has 1 aliphatic heterocycles. The summed E-state index contributed by atoms with van der Waals surface area (Å²) in [5.74, 6) is 2.50. The maximum absolute atomic E-state index is 6.87. The Hall–Kier alpha value is -5.55. The summed E-state index contributed by atoms with van der Waals surface area (Å²) in [5.41, 5.74) is 10.6. The lowest BCUT2D eigenvalue weighted by Crippen LogP contribution is -2.25. The molecule has 5 aromatic carbocycles. The molecule has 53 heavy (non-hydrogen) atoms. The Kier molecular flexibility index (Phi) is 8.17. The smallest absolute Gasteiger partial charge is 0.137 e. The zero-order chi connectivity index (χ0) is 37.3. The van der Waals surface area contributed by atoms with Gasteiger partial charge in [-0.05, 0) is 99.7 Å². The third kappa shape index (κ3) is 6.43. The molecule has 8 rings (SSSR count). The van der Waals surface area contributed by atoms with E-state index < -0.39 is 0 Å². The van der Waals surface area contributed by atoms with E-state index in [1.807, 2.05) is 6.20 Å². The molecule has 0 amide bonds. The van der Waals surface area contributed by atoms with Crippen molar-refractivity contribution in [3.8, 4) is 17.3 Å². The minimum Gasteiger partial charge on any atom is -0.457 e. The van der Waals surface area contributed by atoms with Crippen LogP contribution in [0.3, 0.4) is 0 Å². The molecular weight excluding hydrogens is 649 g/mol. The number of hydrogen-bond acceptors (Lipinski definition) is 4. The van der Waals surface area contributed by atoms with E-state index in [2.05, 4.69) is 198 Å². The van der Waals surface area contributed by atoms with Crippen molar-refractivity contribution in [1.29, 1.82) is 0 Å². The number of ether oxygens (including phenoxy) is 1. The van der Waals surface area contributed by atoms with Crippen LogP contribution in [-0.2, 0) is 16.2 Å². The van der Waals surface area contributed by atoms with Crippen LogP contribution in [0.1, 0.15) is 79.0 Å². The van der Waals surface area contributed by atoms with Crippen LogP contribution >= 0.6 is 0 Å². The van der Waals surface area contributed by atoms with E-state index in [0.29, 0.717) is 6.67 Å². The number of anilines is 4. The van der Waals surface area contributed by atoms with E-state index in [-0.39, 0.29) is 16.2 Å². The minimum absolute atomic E-state index is 0.00382. The highest BCUT2D eigenvalue weighted by atomic mass is 16.5. The van der Waals surface area contributed by atoms with E-state index in [1.165, 1.54) is 44.5 Å². The number of aromatic nitrogens is 2. The molecule has 7 aromatic rings. The first-order valence-electron chi connectivity index (χ1n) is 18.7. The molecule has 0 atom stereocenters. The molecule has 0 fully saturated rings. The summed E-state index contributed by atoms with van der Waals surface area (Å²) >= 11 is 0. The Morgan fingerprint density at radius 2 is 1.11 bits per heavy atom. The first-order valence-corrected chi connectivity index (χ1v) is 18.7. The Morgan fingerprint density at radius 3 is 1.83 bits per heavy atom. The lowest BCUT2D eigenvalue weighted by Gasteiger charge is -2.27. The first kappa shape index (κ1) is 34.5. The van der Waals surface area contributed by atoms with E-state index >= 15 is 0 Å². The molecule has 0 unspecified atom stereocenters. The number of para-hydroxylation sites is 3. The number of hydrogen-bond donors (Lipinski definition) is 0. The molecule has 0 aliphatic carbocycles. The maximum atomic E-state index is 6.87. The molecule has 0 N–H and O–H groups in total. The van der Waals surface area contributed by atoms with Crippen molar-refractivity contribution >= 4 is 44.6 Å². The molecule has 0 bridgehead atoms. The highest BCUT2D eigenvalue weighted by Crippen LogP contribution is 2.46. The van der Waals surface area contributed by atoms with Gasteiger partial charge in [-0.1, -0.05) is 105 Å². The van der Waals surface area contributed by atoms with Crippen LogP contribution in [0.15, 0.2) is 128 Å². The lowest BCUT2D eigenvalue weighted by atomic mass is 9.86. The van der Waals surface area contributed by atoms with Gasteiger partial charge in [0.05, 0.1) is 22.4 Å². The Balaban J connectivity index is 1.21. The van der Waals surface area contributed by atoms with Gasteiger partial charge in [0.1, 0.15) is 24.0 Å². The standard InChI is InChI=1S/C48H50N4O/c1-46(2,3)32-15-14-16-35(25-32)50-31-51(43-20-13-12-19-42(43)50)36-26-34(48(7,8)9)27-38(29-36)53-37-21-22-40-39-17-10-11-18-41(39)52(44(40)30-37)45-28-33(23-24-49-45)47(4,5)6/h10-30H,31H2,1-9H3. The Bertz CT molecular complexity index is 2490. The highest BCUT2D eigenvalue weighted by molar-refractivity contribution is 6.09. The van der Waals surface area contributed by atoms with Crippen LogP contribution in [0.4, 0.5) is 22.7 Å². The normalized spacial score (nSPS) is 13.6. The number of nitrogens with zero attached hydrogens (tertiary/aromatic N) is 4. The van der Waals surface area contributed by atoms with Crippen molar-refractivity contribution in [2.24, 2.45) is 0 Å². The predicted octanol–water partition coefficient (Wildman–Crippen LogP) is 13.1. The van der Waals surface area contributed by atoms with Crippen LogP contribution < -0.4 is 14.5 Å². The summed E-state index contributed by atoms with van der Waals surface area (Å²) < 4.78 is 9.14. The van der Waals surface area contributed by atoms with Crippen LogP contribution in [0.25, 0.3) is 27.6 Å².